The van der Waals surface area contributed by atoms with E-state index < -0.39 is 0 Å². The zero-order valence-electron chi connectivity index (χ0n) is 5.46. The van der Waals surface area contributed by atoms with Crippen molar-refractivity contribution in [2.24, 2.45) is 5.92 Å². The molecule has 2 heteroatoms. The molecule has 0 aliphatic carbocycles. The maximum atomic E-state index is 10.6. The first-order valence-electron chi connectivity index (χ1n) is 3.07. The fourth-order valence-electron chi connectivity index (χ4n) is 0.939. The molecule has 2 unspecified atom stereocenters. The second-order valence-electron chi connectivity index (χ2n) is 2.27. The lowest BCUT2D eigenvalue weighted by molar-refractivity contribution is -0.181. The van der Waals surface area contributed by atoms with Crippen LogP contribution in [0.1, 0.15) is 13.3 Å². The van der Waals surface area contributed by atoms with Gasteiger partial charge in [0, 0.05) is 0 Å². The Morgan fingerprint density at radius 3 is 2.78 bits per heavy atom. The lowest BCUT2D eigenvalue weighted by Crippen LogP contribution is -2.42. The van der Waals surface area contributed by atoms with Crippen LogP contribution >= 0.6 is 0 Å². The predicted octanol–water partition coefficient (Wildman–Crippen LogP) is 1.12. The van der Waals surface area contributed by atoms with Gasteiger partial charge in [0.2, 0.25) is 0 Å². The quantitative estimate of drug-likeness (QED) is 0.409. The number of rotatable bonds is 2. The van der Waals surface area contributed by atoms with Gasteiger partial charge >= 0.3 is 5.97 Å². The van der Waals surface area contributed by atoms with E-state index in [-0.39, 0.29) is 18.0 Å². The van der Waals surface area contributed by atoms with E-state index in [9.17, 15) is 4.79 Å². The third-order valence-electron chi connectivity index (χ3n) is 1.59. The van der Waals surface area contributed by atoms with E-state index in [1.165, 1.54) is 0 Å². The van der Waals surface area contributed by atoms with Gasteiger partial charge < -0.3 is 4.74 Å². The molecule has 0 bridgehead atoms. The molecule has 1 rings (SSSR count). The van der Waals surface area contributed by atoms with Crippen molar-refractivity contribution >= 4 is 5.97 Å². The molecule has 0 radical (unpaired) electrons. The van der Waals surface area contributed by atoms with Crippen LogP contribution < -0.4 is 0 Å². The summed E-state index contributed by atoms with van der Waals surface area (Å²) >= 11 is 0. The second kappa shape index (κ2) is 2.21. The third-order valence-corrected chi connectivity index (χ3v) is 1.59. The van der Waals surface area contributed by atoms with Gasteiger partial charge in [-0.15, -0.1) is 6.58 Å². The topological polar surface area (TPSA) is 26.3 Å². The average molecular weight is 126 g/mol. The summed E-state index contributed by atoms with van der Waals surface area (Å²) < 4.78 is 4.72. The van der Waals surface area contributed by atoms with Crippen molar-refractivity contribution in [2.45, 2.75) is 19.4 Å². The zero-order chi connectivity index (χ0) is 6.85. The van der Waals surface area contributed by atoms with Crippen LogP contribution in [0.5, 0.6) is 0 Å². The lowest BCUT2D eigenvalue weighted by Gasteiger charge is -2.31. The Morgan fingerprint density at radius 2 is 2.56 bits per heavy atom. The van der Waals surface area contributed by atoms with Gasteiger partial charge in [-0.3, -0.25) is 4.79 Å². The Labute approximate surface area is 54.5 Å². The van der Waals surface area contributed by atoms with Crippen LogP contribution in [0.3, 0.4) is 0 Å². The van der Waals surface area contributed by atoms with Crippen LogP contribution in [-0.4, -0.2) is 12.1 Å². The van der Waals surface area contributed by atoms with Crippen molar-refractivity contribution < 1.29 is 9.53 Å². The molecule has 1 fully saturated rings. The molecule has 0 aromatic heterocycles. The minimum Gasteiger partial charge on any atom is -0.461 e. The SMILES string of the molecule is C=CCC1C(=O)OC1C. The molecular weight excluding hydrogens is 116 g/mol. The van der Waals surface area contributed by atoms with Crippen LogP contribution in [0.25, 0.3) is 0 Å². The van der Waals surface area contributed by atoms with Crippen LogP contribution in [0.15, 0.2) is 12.7 Å². The predicted molar refractivity (Wildman–Crippen MR) is 33.9 cm³/mol. The van der Waals surface area contributed by atoms with Crippen molar-refractivity contribution in [3.05, 3.63) is 12.7 Å². The normalized spacial score (nSPS) is 32.8. The Hall–Kier alpha value is -0.790. The second-order valence-corrected chi connectivity index (χ2v) is 2.27. The van der Waals surface area contributed by atoms with E-state index >= 15 is 0 Å². The van der Waals surface area contributed by atoms with Crippen molar-refractivity contribution in [3.8, 4) is 0 Å². The molecule has 0 N–H and O–H groups in total. The summed E-state index contributed by atoms with van der Waals surface area (Å²) in [7, 11) is 0. The summed E-state index contributed by atoms with van der Waals surface area (Å²) in [5, 5.41) is 0. The molecule has 9 heavy (non-hydrogen) atoms. The first-order chi connectivity index (χ1) is 4.25. The molecule has 2 nitrogen and oxygen atoms in total. The number of allylic oxidation sites excluding steroid dienone is 1. The van der Waals surface area contributed by atoms with Gasteiger partial charge in [0.05, 0.1) is 5.92 Å². The number of carbonyl (C=O) groups is 1. The Bertz CT molecular complexity index is 140. The van der Waals surface area contributed by atoms with Gasteiger partial charge in [0.15, 0.2) is 0 Å². The molecular formula is C7H10O2. The molecule has 0 aromatic rings. The van der Waals surface area contributed by atoms with E-state index in [2.05, 4.69) is 6.58 Å². The fourth-order valence-corrected chi connectivity index (χ4v) is 0.939. The molecule has 2 atom stereocenters. The largest absolute Gasteiger partial charge is 0.461 e. The number of hydrogen-bond donors (Lipinski definition) is 0. The van der Waals surface area contributed by atoms with E-state index in [4.69, 9.17) is 4.74 Å². The van der Waals surface area contributed by atoms with Gasteiger partial charge in [-0.1, -0.05) is 6.08 Å². The minimum atomic E-state index is -0.0811. The van der Waals surface area contributed by atoms with Gasteiger partial charge in [-0.2, -0.15) is 0 Å². The van der Waals surface area contributed by atoms with Gasteiger partial charge in [0.25, 0.3) is 0 Å². The number of esters is 1. The maximum absolute atomic E-state index is 10.6. The summed E-state index contributed by atoms with van der Waals surface area (Å²) in [6.45, 7) is 5.44. The number of ether oxygens (including phenoxy) is 1. The standard InChI is InChI=1S/C7H10O2/c1-3-4-6-5(2)9-7(6)8/h3,5-6H,1,4H2,2H3. The first kappa shape index (κ1) is 6.33. The van der Waals surface area contributed by atoms with E-state index in [0.717, 1.165) is 6.42 Å². The summed E-state index contributed by atoms with van der Waals surface area (Å²) in [6.07, 6.45) is 2.61. The van der Waals surface area contributed by atoms with Crippen LogP contribution in [0.4, 0.5) is 0 Å². The molecule has 0 amide bonds. The highest BCUT2D eigenvalue weighted by Gasteiger charge is 2.37. The van der Waals surface area contributed by atoms with Crippen LogP contribution in [0.2, 0.25) is 0 Å². The highest BCUT2D eigenvalue weighted by molar-refractivity contribution is 5.78. The molecule has 0 saturated carbocycles. The monoisotopic (exact) mass is 126 g/mol. The Kier molecular flexibility index (Phi) is 1.56. The summed E-state index contributed by atoms with van der Waals surface area (Å²) in [6, 6.07) is 0. The minimum absolute atomic E-state index is 0.0811. The average Bonchev–Trinajstić information content (AvgIpc) is 1.84. The number of hydrogen-bond acceptors (Lipinski definition) is 2. The first-order valence-corrected chi connectivity index (χ1v) is 3.07. The van der Waals surface area contributed by atoms with E-state index in [1.807, 2.05) is 6.92 Å². The summed E-state index contributed by atoms with van der Waals surface area (Å²) in [5.74, 6) is 0.00454. The van der Waals surface area contributed by atoms with Gasteiger partial charge in [0.1, 0.15) is 6.10 Å². The van der Waals surface area contributed by atoms with E-state index in [1.54, 1.807) is 6.08 Å². The lowest BCUT2D eigenvalue weighted by atomic mass is 9.95. The zero-order valence-corrected chi connectivity index (χ0v) is 5.46. The van der Waals surface area contributed by atoms with Gasteiger partial charge in [-0.05, 0) is 13.3 Å². The van der Waals surface area contributed by atoms with Crippen molar-refractivity contribution in [1.82, 2.24) is 0 Å². The summed E-state index contributed by atoms with van der Waals surface area (Å²) in [4.78, 5) is 10.6. The maximum Gasteiger partial charge on any atom is 0.313 e. The van der Waals surface area contributed by atoms with Crippen molar-refractivity contribution in [1.29, 1.82) is 0 Å². The Morgan fingerprint density at radius 1 is 1.89 bits per heavy atom. The fraction of sp³-hybridized carbons (Fsp3) is 0.571. The highest BCUT2D eigenvalue weighted by Crippen LogP contribution is 2.24. The van der Waals surface area contributed by atoms with E-state index in [0.29, 0.717) is 0 Å². The smallest absolute Gasteiger partial charge is 0.313 e. The molecule has 1 saturated heterocycles. The van der Waals surface area contributed by atoms with Crippen molar-refractivity contribution in [2.75, 3.05) is 0 Å². The Balaban J connectivity index is 2.39. The molecule has 0 aromatic carbocycles. The number of carbonyl (C=O) groups excluding carboxylic acids is 1. The highest BCUT2D eigenvalue weighted by atomic mass is 16.6. The van der Waals surface area contributed by atoms with Gasteiger partial charge in [-0.25, -0.2) is 0 Å². The third kappa shape index (κ3) is 0.969. The van der Waals surface area contributed by atoms with Crippen molar-refractivity contribution in [3.63, 3.8) is 0 Å². The molecule has 1 aliphatic rings. The molecule has 1 aliphatic heterocycles. The van der Waals surface area contributed by atoms with Crippen LogP contribution in [-0.2, 0) is 9.53 Å². The molecule has 1 heterocycles. The molecule has 50 valence electrons. The van der Waals surface area contributed by atoms with Crippen LogP contribution in [0, 0.1) is 5.92 Å². The summed E-state index contributed by atoms with van der Waals surface area (Å²) in [5.41, 5.74) is 0. The number of cyclic esters (lactones) is 1. The molecule has 0 spiro atoms.